The zero-order valence-electron chi connectivity index (χ0n) is 9.80. The highest BCUT2D eigenvalue weighted by molar-refractivity contribution is 7.98. The summed E-state index contributed by atoms with van der Waals surface area (Å²) in [5.74, 6) is 1.08. The summed E-state index contributed by atoms with van der Waals surface area (Å²) >= 11 is 6.75. The number of hydrogen-bond donors (Lipinski definition) is 1. The zero-order valence-corrected chi connectivity index (χ0v) is 11.4. The van der Waals surface area contributed by atoms with Crippen molar-refractivity contribution in [3.8, 4) is 0 Å². The van der Waals surface area contributed by atoms with Gasteiger partial charge in [-0.2, -0.15) is 11.8 Å². The summed E-state index contributed by atoms with van der Waals surface area (Å²) in [6.07, 6.45) is 3.85. The molecule has 0 saturated heterocycles. The molecule has 0 aliphatic heterocycles. The van der Waals surface area contributed by atoms with Crippen molar-refractivity contribution in [2.75, 3.05) is 24.0 Å². The second-order valence-corrected chi connectivity index (χ2v) is 5.03. The van der Waals surface area contributed by atoms with Crippen LogP contribution >= 0.6 is 24.0 Å². The Labute approximate surface area is 106 Å². The van der Waals surface area contributed by atoms with Gasteiger partial charge in [0, 0.05) is 30.7 Å². The standard InChI is InChI=1S/C11H17N3S2/c1-8(7-16-3)14(2)9-4-5-13-10(6-9)11(12)15/h4-6,8H,7H2,1-3H3,(H2,12,15). The lowest BCUT2D eigenvalue weighted by atomic mass is 10.2. The molecule has 0 fully saturated rings. The number of nitrogens with two attached hydrogens (primary N) is 1. The minimum Gasteiger partial charge on any atom is -0.388 e. The topological polar surface area (TPSA) is 42.2 Å². The summed E-state index contributed by atoms with van der Waals surface area (Å²) in [4.78, 5) is 6.68. The quantitative estimate of drug-likeness (QED) is 0.814. The Hall–Kier alpha value is -0.810. The smallest absolute Gasteiger partial charge is 0.122 e. The lowest BCUT2D eigenvalue weighted by Crippen LogP contribution is -2.31. The Bertz CT molecular complexity index is 368. The average Bonchev–Trinajstić information content (AvgIpc) is 2.28. The van der Waals surface area contributed by atoms with Crippen molar-refractivity contribution in [3.05, 3.63) is 24.0 Å². The van der Waals surface area contributed by atoms with Crippen LogP contribution in [0.5, 0.6) is 0 Å². The molecule has 0 aromatic carbocycles. The van der Waals surface area contributed by atoms with Gasteiger partial charge in [0.15, 0.2) is 0 Å². The molecule has 1 aromatic rings. The number of aromatic nitrogens is 1. The molecule has 1 rings (SSSR count). The van der Waals surface area contributed by atoms with Gasteiger partial charge < -0.3 is 10.6 Å². The van der Waals surface area contributed by atoms with E-state index >= 15 is 0 Å². The van der Waals surface area contributed by atoms with Gasteiger partial charge in [-0.05, 0) is 25.3 Å². The van der Waals surface area contributed by atoms with E-state index in [2.05, 4.69) is 30.1 Å². The van der Waals surface area contributed by atoms with Gasteiger partial charge in [-0.25, -0.2) is 0 Å². The number of hydrogen-bond acceptors (Lipinski definition) is 4. The predicted octanol–water partition coefficient (Wildman–Crippen LogP) is 1.90. The maximum Gasteiger partial charge on any atom is 0.122 e. The second-order valence-electron chi connectivity index (χ2n) is 3.68. The molecule has 0 aliphatic carbocycles. The van der Waals surface area contributed by atoms with Crippen molar-refractivity contribution in [2.45, 2.75) is 13.0 Å². The van der Waals surface area contributed by atoms with E-state index < -0.39 is 0 Å². The summed E-state index contributed by atoms with van der Waals surface area (Å²) in [5, 5.41) is 0. The normalized spacial score (nSPS) is 12.2. The molecule has 0 amide bonds. The van der Waals surface area contributed by atoms with Crippen molar-refractivity contribution in [1.82, 2.24) is 4.98 Å². The second kappa shape index (κ2) is 6.06. The molecule has 5 heteroatoms. The van der Waals surface area contributed by atoms with Crippen molar-refractivity contribution >= 4 is 34.7 Å². The largest absolute Gasteiger partial charge is 0.388 e. The highest BCUT2D eigenvalue weighted by Gasteiger charge is 2.10. The fourth-order valence-electron chi connectivity index (χ4n) is 1.38. The lowest BCUT2D eigenvalue weighted by Gasteiger charge is -2.26. The van der Waals surface area contributed by atoms with Gasteiger partial charge in [-0.3, -0.25) is 4.98 Å². The number of anilines is 1. The highest BCUT2D eigenvalue weighted by atomic mass is 32.2. The van der Waals surface area contributed by atoms with Crippen LogP contribution in [0, 0.1) is 0 Å². The third-order valence-corrected chi connectivity index (χ3v) is 3.50. The molecular weight excluding hydrogens is 238 g/mol. The summed E-state index contributed by atoms with van der Waals surface area (Å²) < 4.78 is 0. The van der Waals surface area contributed by atoms with Gasteiger partial charge in [0.25, 0.3) is 0 Å². The Morgan fingerprint density at radius 3 is 2.94 bits per heavy atom. The van der Waals surface area contributed by atoms with Gasteiger partial charge in [-0.1, -0.05) is 12.2 Å². The molecule has 2 N–H and O–H groups in total. The molecule has 1 aromatic heterocycles. The minimum absolute atomic E-state index is 0.341. The van der Waals surface area contributed by atoms with Gasteiger partial charge in [-0.15, -0.1) is 0 Å². The molecule has 0 bridgehead atoms. The number of pyridine rings is 1. The minimum atomic E-state index is 0.341. The Kier molecular flexibility index (Phi) is 5.02. The number of rotatable bonds is 5. The van der Waals surface area contributed by atoms with E-state index in [1.807, 2.05) is 23.9 Å². The molecule has 3 nitrogen and oxygen atoms in total. The fraction of sp³-hybridized carbons (Fsp3) is 0.455. The van der Waals surface area contributed by atoms with E-state index in [0.29, 0.717) is 16.7 Å². The number of thioether (sulfide) groups is 1. The summed E-state index contributed by atoms with van der Waals surface area (Å²) in [6.45, 7) is 2.19. The molecule has 88 valence electrons. The summed E-state index contributed by atoms with van der Waals surface area (Å²) in [6, 6.07) is 4.37. The van der Waals surface area contributed by atoms with E-state index in [1.54, 1.807) is 6.20 Å². The Morgan fingerprint density at radius 1 is 1.69 bits per heavy atom. The van der Waals surface area contributed by atoms with Crippen LogP contribution < -0.4 is 10.6 Å². The van der Waals surface area contributed by atoms with E-state index in [4.69, 9.17) is 18.0 Å². The van der Waals surface area contributed by atoms with E-state index in [1.165, 1.54) is 0 Å². The maximum atomic E-state index is 5.56. The Morgan fingerprint density at radius 2 is 2.38 bits per heavy atom. The first-order valence-electron chi connectivity index (χ1n) is 5.04. The van der Waals surface area contributed by atoms with Crippen LogP contribution in [0.25, 0.3) is 0 Å². The fourth-order valence-corrected chi connectivity index (χ4v) is 2.20. The first-order valence-corrected chi connectivity index (χ1v) is 6.84. The lowest BCUT2D eigenvalue weighted by molar-refractivity contribution is 0.765. The van der Waals surface area contributed by atoms with Crippen molar-refractivity contribution in [2.24, 2.45) is 5.73 Å². The summed E-state index contributed by atoms with van der Waals surface area (Å²) in [5.41, 5.74) is 7.34. The van der Waals surface area contributed by atoms with Crippen LogP contribution in [0.3, 0.4) is 0 Å². The van der Waals surface area contributed by atoms with E-state index in [9.17, 15) is 0 Å². The molecule has 16 heavy (non-hydrogen) atoms. The number of thiocarbonyl (C=S) groups is 1. The van der Waals surface area contributed by atoms with Gasteiger partial charge in [0.1, 0.15) is 4.99 Å². The monoisotopic (exact) mass is 255 g/mol. The molecular formula is C11H17N3S2. The molecule has 1 unspecified atom stereocenters. The van der Waals surface area contributed by atoms with Crippen molar-refractivity contribution in [3.63, 3.8) is 0 Å². The van der Waals surface area contributed by atoms with E-state index in [-0.39, 0.29) is 0 Å². The average molecular weight is 255 g/mol. The third-order valence-electron chi connectivity index (χ3n) is 2.47. The first kappa shape index (κ1) is 13.3. The van der Waals surface area contributed by atoms with Crippen LogP contribution in [0.2, 0.25) is 0 Å². The molecule has 1 atom stereocenters. The molecule has 0 saturated carbocycles. The zero-order chi connectivity index (χ0) is 12.1. The van der Waals surface area contributed by atoms with E-state index in [0.717, 1.165) is 11.4 Å². The van der Waals surface area contributed by atoms with Crippen molar-refractivity contribution < 1.29 is 0 Å². The first-order chi connectivity index (χ1) is 7.56. The van der Waals surface area contributed by atoms with Crippen LogP contribution in [0.1, 0.15) is 12.6 Å². The number of nitrogens with zero attached hydrogens (tertiary/aromatic N) is 2. The van der Waals surface area contributed by atoms with Gasteiger partial charge >= 0.3 is 0 Å². The van der Waals surface area contributed by atoms with Crippen LogP contribution in [-0.2, 0) is 0 Å². The van der Waals surface area contributed by atoms with Crippen LogP contribution in [0.4, 0.5) is 5.69 Å². The highest BCUT2D eigenvalue weighted by Crippen LogP contribution is 2.17. The Balaban J connectivity index is 2.86. The predicted molar refractivity (Wildman–Crippen MR) is 76.4 cm³/mol. The van der Waals surface area contributed by atoms with Crippen LogP contribution in [-0.4, -0.2) is 35.1 Å². The molecule has 0 radical (unpaired) electrons. The van der Waals surface area contributed by atoms with Crippen molar-refractivity contribution in [1.29, 1.82) is 0 Å². The van der Waals surface area contributed by atoms with Crippen LogP contribution in [0.15, 0.2) is 18.3 Å². The third kappa shape index (κ3) is 3.35. The molecule has 0 spiro atoms. The molecule has 1 heterocycles. The molecule has 0 aliphatic rings. The maximum absolute atomic E-state index is 5.56. The van der Waals surface area contributed by atoms with Gasteiger partial charge in [0.05, 0.1) is 5.69 Å². The SMILES string of the molecule is CSCC(C)N(C)c1ccnc(C(N)=S)c1. The summed E-state index contributed by atoms with van der Waals surface area (Å²) in [7, 11) is 2.07. The van der Waals surface area contributed by atoms with Gasteiger partial charge in [0.2, 0.25) is 0 Å².